The average molecular weight is 237 g/mol. The van der Waals surface area contributed by atoms with Crippen LogP contribution in [0.4, 0.5) is 0 Å². The van der Waals surface area contributed by atoms with Gasteiger partial charge in [-0.25, -0.2) is 0 Å². The molecular weight excluding hydrogens is 214 g/mol. The molecule has 0 bridgehead atoms. The molecule has 0 unspecified atom stereocenters. The Morgan fingerprint density at radius 3 is 2.53 bits per heavy atom. The van der Waals surface area contributed by atoms with E-state index in [1.54, 1.807) is 0 Å². The van der Waals surface area contributed by atoms with E-state index in [4.69, 9.17) is 10.5 Å². The van der Waals surface area contributed by atoms with Crippen LogP contribution < -0.4 is 5.73 Å². The number of hydrogen-bond donors (Lipinski definition) is 1. The van der Waals surface area contributed by atoms with Crippen molar-refractivity contribution in [1.29, 1.82) is 0 Å². The first-order valence-electron chi connectivity index (χ1n) is 6.34. The van der Waals surface area contributed by atoms with Gasteiger partial charge >= 0.3 is 5.97 Å². The lowest BCUT2D eigenvalue weighted by Crippen LogP contribution is -2.34. The van der Waals surface area contributed by atoms with E-state index in [1.807, 2.05) is 20.8 Å². The van der Waals surface area contributed by atoms with Gasteiger partial charge in [0.05, 0.1) is 0 Å². The number of esters is 1. The highest BCUT2D eigenvalue weighted by molar-refractivity contribution is 5.76. The maximum Gasteiger partial charge on any atom is 0.324 e. The van der Waals surface area contributed by atoms with E-state index in [0.717, 1.165) is 25.7 Å². The zero-order valence-electron chi connectivity index (χ0n) is 11.1. The van der Waals surface area contributed by atoms with Crippen LogP contribution in [0.5, 0.6) is 0 Å². The summed E-state index contributed by atoms with van der Waals surface area (Å²) in [4.78, 5) is 11.6. The van der Waals surface area contributed by atoms with Crippen molar-refractivity contribution in [2.24, 2.45) is 11.1 Å². The first-order chi connectivity index (χ1) is 7.88. The van der Waals surface area contributed by atoms with Gasteiger partial charge in [0.1, 0.15) is 12.1 Å². The zero-order valence-corrected chi connectivity index (χ0v) is 11.1. The highest BCUT2D eigenvalue weighted by atomic mass is 16.5. The third kappa shape index (κ3) is 5.74. The quantitative estimate of drug-likeness (QED) is 0.605. The number of hydrogen-bond acceptors (Lipinski definition) is 3. The second-order valence-electron chi connectivity index (χ2n) is 5.71. The second-order valence-corrected chi connectivity index (χ2v) is 5.71. The first-order valence-corrected chi connectivity index (χ1v) is 6.34. The van der Waals surface area contributed by atoms with Crippen LogP contribution in [0.25, 0.3) is 0 Å². The van der Waals surface area contributed by atoms with Gasteiger partial charge in [-0.15, -0.1) is 5.92 Å². The minimum Gasteiger partial charge on any atom is -0.461 e. The van der Waals surface area contributed by atoms with Gasteiger partial charge in [-0.2, -0.15) is 0 Å². The van der Waals surface area contributed by atoms with E-state index in [1.165, 1.54) is 0 Å². The number of rotatable bonds is 3. The molecule has 0 aromatic carbocycles. The molecule has 0 amide bonds. The summed E-state index contributed by atoms with van der Waals surface area (Å²) in [6.45, 7) is 6.09. The monoisotopic (exact) mass is 237 g/mol. The number of carbonyl (C=O) groups excluding carboxylic acids is 1. The lowest BCUT2D eigenvalue weighted by molar-refractivity contribution is -0.150. The van der Waals surface area contributed by atoms with Gasteiger partial charge in [0.2, 0.25) is 0 Å². The molecule has 0 aromatic rings. The summed E-state index contributed by atoms with van der Waals surface area (Å²) in [5.41, 5.74) is 5.70. The molecule has 0 aromatic heterocycles. The summed E-state index contributed by atoms with van der Waals surface area (Å²) in [6, 6.07) is -0.606. The van der Waals surface area contributed by atoms with E-state index in [2.05, 4.69) is 11.8 Å². The van der Waals surface area contributed by atoms with Crippen LogP contribution >= 0.6 is 0 Å². The van der Waals surface area contributed by atoms with Crippen molar-refractivity contribution >= 4 is 5.97 Å². The van der Waals surface area contributed by atoms with Crippen molar-refractivity contribution in [2.45, 2.75) is 65.0 Å². The van der Waals surface area contributed by atoms with Crippen LogP contribution in [0.15, 0.2) is 0 Å². The van der Waals surface area contributed by atoms with Crippen LogP contribution in [0.2, 0.25) is 0 Å². The Kier molecular flexibility index (Phi) is 5.02. The summed E-state index contributed by atoms with van der Waals surface area (Å²) < 4.78 is 5.32. The van der Waals surface area contributed by atoms with Gasteiger partial charge in [-0.05, 0) is 46.5 Å². The smallest absolute Gasteiger partial charge is 0.324 e. The van der Waals surface area contributed by atoms with Crippen molar-refractivity contribution in [3.63, 3.8) is 0 Å². The molecule has 3 heteroatoms. The zero-order chi connectivity index (χ0) is 12.9. The first kappa shape index (κ1) is 14.1. The van der Waals surface area contributed by atoms with Crippen LogP contribution in [-0.2, 0) is 9.53 Å². The summed E-state index contributed by atoms with van der Waals surface area (Å²) >= 11 is 0. The average Bonchev–Trinajstić information content (AvgIpc) is 2.68. The van der Waals surface area contributed by atoms with Gasteiger partial charge < -0.3 is 10.5 Å². The summed E-state index contributed by atoms with van der Waals surface area (Å²) in [5.74, 6) is 5.71. The van der Waals surface area contributed by atoms with Crippen molar-refractivity contribution in [3.05, 3.63) is 0 Å². The molecule has 0 heterocycles. The largest absolute Gasteiger partial charge is 0.461 e. The Morgan fingerprint density at radius 2 is 2.00 bits per heavy atom. The molecule has 1 aliphatic rings. The minimum absolute atomic E-state index is 0.0466. The van der Waals surface area contributed by atoms with Gasteiger partial charge in [0.15, 0.2) is 0 Å². The fourth-order valence-corrected chi connectivity index (χ4v) is 1.77. The molecule has 1 atom stereocenters. The Bertz CT molecular complexity index is 313. The SMILES string of the molecule is CC(C)(C)C#CC[C@H](N)C(=O)OC1CCCC1. The molecule has 1 saturated carbocycles. The van der Waals surface area contributed by atoms with Gasteiger partial charge in [0.25, 0.3) is 0 Å². The number of ether oxygens (including phenoxy) is 1. The topological polar surface area (TPSA) is 52.3 Å². The Labute approximate surface area is 104 Å². The van der Waals surface area contributed by atoms with Crippen molar-refractivity contribution < 1.29 is 9.53 Å². The molecule has 0 aliphatic heterocycles. The molecule has 1 fully saturated rings. The Hall–Kier alpha value is -1.01. The Morgan fingerprint density at radius 1 is 1.41 bits per heavy atom. The van der Waals surface area contributed by atoms with Gasteiger partial charge in [0, 0.05) is 11.8 Å². The van der Waals surface area contributed by atoms with E-state index < -0.39 is 6.04 Å². The van der Waals surface area contributed by atoms with Gasteiger partial charge in [-0.1, -0.05) is 5.92 Å². The van der Waals surface area contributed by atoms with Crippen LogP contribution in [0, 0.1) is 17.3 Å². The predicted molar refractivity (Wildman–Crippen MR) is 68.2 cm³/mol. The van der Waals surface area contributed by atoms with E-state index in [9.17, 15) is 4.79 Å². The second kappa shape index (κ2) is 6.07. The lowest BCUT2D eigenvalue weighted by Gasteiger charge is -2.14. The molecule has 96 valence electrons. The van der Waals surface area contributed by atoms with E-state index in [0.29, 0.717) is 6.42 Å². The molecule has 2 N–H and O–H groups in total. The molecule has 0 radical (unpaired) electrons. The van der Waals surface area contributed by atoms with Crippen LogP contribution in [0.1, 0.15) is 52.9 Å². The van der Waals surface area contributed by atoms with E-state index in [-0.39, 0.29) is 17.5 Å². The molecule has 1 rings (SSSR count). The highest BCUT2D eigenvalue weighted by Crippen LogP contribution is 2.21. The lowest BCUT2D eigenvalue weighted by atomic mass is 9.97. The predicted octanol–water partition coefficient (Wildman–Crippen LogP) is 2.24. The molecular formula is C14H23NO2. The maximum absolute atomic E-state index is 11.6. The van der Waals surface area contributed by atoms with Crippen molar-refractivity contribution in [2.75, 3.05) is 0 Å². The summed E-state index contributed by atoms with van der Waals surface area (Å²) in [6.07, 6.45) is 4.72. The van der Waals surface area contributed by atoms with Crippen LogP contribution in [-0.4, -0.2) is 18.1 Å². The summed E-state index contributed by atoms with van der Waals surface area (Å²) in [5, 5.41) is 0. The van der Waals surface area contributed by atoms with Gasteiger partial charge in [-0.3, -0.25) is 4.79 Å². The number of carbonyl (C=O) groups is 1. The molecule has 0 saturated heterocycles. The molecule has 3 nitrogen and oxygen atoms in total. The van der Waals surface area contributed by atoms with Crippen molar-refractivity contribution in [1.82, 2.24) is 0 Å². The van der Waals surface area contributed by atoms with Crippen LogP contribution in [0.3, 0.4) is 0 Å². The normalized spacial score (nSPS) is 18.4. The van der Waals surface area contributed by atoms with E-state index >= 15 is 0 Å². The number of nitrogens with two attached hydrogens (primary N) is 1. The standard InChI is InChI=1S/C14H23NO2/c1-14(2,3)10-6-9-12(15)13(16)17-11-7-4-5-8-11/h11-12H,4-5,7-9,15H2,1-3H3/t12-/m0/s1. The molecule has 0 spiro atoms. The minimum atomic E-state index is -0.606. The Balaban J connectivity index is 2.33. The fourth-order valence-electron chi connectivity index (χ4n) is 1.77. The molecule has 17 heavy (non-hydrogen) atoms. The van der Waals surface area contributed by atoms with Crippen molar-refractivity contribution in [3.8, 4) is 11.8 Å². The summed E-state index contributed by atoms with van der Waals surface area (Å²) in [7, 11) is 0. The maximum atomic E-state index is 11.6. The third-order valence-corrected chi connectivity index (χ3v) is 2.67. The highest BCUT2D eigenvalue weighted by Gasteiger charge is 2.22. The fraction of sp³-hybridized carbons (Fsp3) is 0.786. The third-order valence-electron chi connectivity index (χ3n) is 2.67. The molecule has 1 aliphatic carbocycles.